The molecular weight excluding hydrogens is 453 g/mol. The van der Waals surface area contributed by atoms with E-state index in [4.69, 9.17) is 9.47 Å². The van der Waals surface area contributed by atoms with Gasteiger partial charge in [0.25, 0.3) is 0 Å². The number of esters is 1. The molecule has 0 spiro atoms. The first-order valence-electron chi connectivity index (χ1n) is 11.3. The van der Waals surface area contributed by atoms with Crippen LogP contribution in [-0.4, -0.2) is 12.6 Å². The van der Waals surface area contributed by atoms with Crippen LogP contribution in [0.5, 0.6) is 5.75 Å². The Morgan fingerprint density at radius 3 is 1.94 bits per heavy atom. The molecule has 4 aromatic rings. The molecule has 1 heterocycles. The van der Waals surface area contributed by atoms with Gasteiger partial charge >= 0.3 is 5.97 Å². The molecule has 4 aromatic carbocycles. The highest BCUT2D eigenvalue weighted by atomic mass is 19.2. The Kier molecular flexibility index (Phi) is 6.14. The molecule has 0 bridgehead atoms. The van der Waals surface area contributed by atoms with Gasteiger partial charge in [-0.05, 0) is 52.9 Å². The average Bonchev–Trinajstić information content (AvgIpc) is 3.72. The molecule has 0 radical (unpaired) electrons. The highest BCUT2D eigenvalue weighted by molar-refractivity contribution is 5.91. The van der Waals surface area contributed by atoms with Gasteiger partial charge in [-0.15, -0.1) is 0 Å². The normalized spacial score (nSPS) is 14.6. The van der Waals surface area contributed by atoms with Crippen LogP contribution in [0.4, 0.5) is 13.2 Å². The van der Waals surface area contributed by atoms with E-state index in [0.29, 0.717) is 23.3 Å². The molecular formula is C29H21F3O3. The predicted octanol–water partition coefficient (Wildman–Crippen LogP) is 7.29. The van der Waals surface area contributed by atoms with Gasteiger partial charge < -0.3 is 9.47 Å². The third kappa shape index (κ3) is 4.70. The van der Waals surface area contributed by atoms with E-state index in [9.17, 15) is 18.0 Å². The summed E-state index contributed by atoms with van der Waals surface area (Å²) < 4.78 is 54.5. The predicted molar refractivity (Wildman–Crippen MR) is 127 cm³/mol. The lowest BCUT2D eigenvalue weighted by Crippen LogP contribution is -2.11. The van der Waals surface area contributed by atoms with Crippen LogP contribution in [0.2, 0.25) is 0 Å². The summed E-state index contributed by atoms with van der Waals surface area (Å²) in [5.41, 5.74) is 2.85. The first kappa shape index (κ1) is 22.9. The first-order chi connectivity index (χ1) is 16.9. The quantitative estimate of drug-likeness (QED) is 0.167. The molecule has 35 heavy (non-hydrogen) atoms. The lowest BCUT2D eigenvalue weighted by Gasteiger charge is -2.11. The van der Waals surface area contributed by atoms with Crippen LogP contribution in [0.25, 0.3) is 22.3 Å². The van der Waals surface area contributed by atoms with Crippen molar-refractivity contribution in [2.75, 3.05) is 6.61 Å². The summed E-state index contributed by atoms with van der Waals surface area (Å²) in [5.74, 6) is -3.29. The fourth-order valence-electron chi connectivity index (χ4n) is 3.92. The maximum atomic E-state index is 14.9. The molecule has 0 N–H and O–H groups in total. The van der Waals surface area contributed by atoms with Crippen LogP contribution in [0, 0.1) is 17.5 Å². The van der Waals surface area contributed by atoms with Gasteiger partial charge in [0.15, 0.2) is 11.6 Å². The molecule has 6 heteroatoms. The molecule has 0 amide bonds. The molecule has 176 valence electrons. The molecule has 1 atom stereocenters. The van der Waals surface area contributed by atoms with E-state index < -0.39 is 23.4 Å². The summed E-state index contributed by atoms with van der Waals surface area (Å²) in [4.78, 5) is 12.4. The highest BCUT2D eigenvalue weighted by Gasteiger charge is 2.26. The minimum Gasteiger partial charge on any atom is -0.423 e. The molecule has 3 nitrogen and oxygen atoms in total. The second-order valence-electron chi connectivity index (χ2n) is 8.31. The molecule has 1 aliphatic heterocycles. The van der Waals surface area contributed by atoms with Crippen LogP contribution in [0.3, 0.4) is 0 Å². The third-order valence-electron chi connectivity index (χ3n) is 6.05. The number of hydrogen-bond donors (Lipinski definition) is 0. The maximum Gasteiger partial charge on any atom is 0.346 e. The second kappa shape index (κ2) is 9.39. The monoisotopic (exact) mass is 474 g/mol. The summed E-state index contributed by atoms with van der Waals surface area (Å²) in [6.07, 6.45) is 0.737. The van der Waals surface area contributed by atoms with Crippen molar-refractivity contribution < 1.29 is 27.4 Å². The van der Waals surface area contributed by atoms with Crippen LogP contribution >= 0.6 is 0 Å². The zero-order valence-electron chi connectivity index (χ0n) is 18.9. The Hall–Kier alpha value is -3.90. The van der Waals surface area contributed by atoms with Crippen molar-refractivity contribution in [1.29, 1.82) is 0 Å². The van der Waals surface area contributed by atoms with E-state index in [1.165, 1.54) is 42.5 Å². The molecule has 5 rings (SSSR count). The topological polar surface area (TPSA) is 38.8 Å². The Labute approximate surface area is 200 Å². The number of halogens is 3. The number of epoxide rings is 1. The fraction of sp³-hybridized carbons (Fsp3) is 0.138. The summed E-state index contributed by atoms with van der Waals surface area (Å²) >= 11 is 0. The van der Waals surface area contributed by atoms with Crippen molar-refractivity contribution in [2.45, 2.75) is 19.4 Å². The van der Waals surface area contributed by atoms with Crippen molar-refractivity contribution in [3.63, 3.8) is 0 Å². The smallest absolute Gasteiger partial charge is 0.346 e. The average molecular weight is 474 g/mol. The molecule has 0 saturated carbocycles. The standard InChI is InChI=1S/C29H21F3O3/c1-2-17-3-5-18(6-4-17)22-13-14-23(28(32)27(22)31)19-7-10-21(11-8-19)35-29(33)24-12-9-20(15-25(24)30)26-16-34-26/h3-15,26H,2,16H2,1H3. The zero-order valence-corrected chi connectivity index (χ0v) is 18.9. The van der Waals surface area contributed by atoms with E-state index in [1.807, 2.05) is 19.1 Å². The number of aryl methyl sites for hydroxylation is 1. The van der Waals surface area contributed by atoms with E-state index in [2.05, 4.69) is 0 Å². The number of rotatable bonds is 6. The van der Waals surface area contributed by atoms with Crippen molar-refractivity contribution in [2.24, 2.45) is 0 Å². The van der Waals surface area contributed by atoms with Gasteiger partial charge in [-0.3, -0.25) is 0 Å². The summed E-state index contributed by atoms with van der Waals surface area (Å²) in [6, 6.07) is 20.6. The Morgan fingerprint density at radius 1 is 0.857 bits per heavy atom. The minimum absolute atomic E-state index is 0.0817. The number of benzene rings is 4. The van der Waals surface area contributed by atoms with Gasteiger partial charge in [0.05, 0.1) is 12.2 Å². The van der Waals surface area contributed by atoms with Gasteiger partial charge in [-0.1, -0.05) is 61.5 Å². The van der Waals surface area contributed by atoms with Crippen molar-refractivity contribution in [3.8, 4) is 28.0 Å². The number of ether oxygens (including phenoxy) is 2. The van der Waals surface area contributed by atoms with Crippen LogP contribution in [0.15, 0.2) is 78.9 Å². The molecule has 0 aliphatic carbocycles. The number of hydrogen-bond acceptors (Lipinski definition) is 3. The molecule has 1 fully saturated rings. The number of carbonyl (C=O) groups excluding carboxylic acids is 1. The zero-order chi connectivity index (χ0) is 24.5. The lowest BCUT2D eigenvalue weighted by molar-refractivity contribution is 0.0730. The van der Waals surface area contributed by atoms with E-state index in [0.717, 1.165) is 12.0 Å². The number of carbonyl (C=O) groups is 1. The van der Waals surface area contributed by atoms with Crippen LogP contribution in [-0.2, 0) is 11.2 Å². The van der Waals surface area contributed by atoms with Gasteiger partial charge in [0.2, 0.25) is 0 Å². The Morgan fingerprint density at radius 2 is 1.43 bits per heavy atom. The first-order valence-corrected chi connectivity index (χ1v) is 11.3. The van der Waals surface area contributed by atoms with Crippen molar-refractivity contribution in [1.82, 2.24) is 0 Å². The largest absolute Gasteiger partial charge is 0.423 e. The van der Waals surface area contributed by atoms with Crippen LogP contribution < -0.4 is 4.74 Å². The fourth-order valence-corrected chi connectivity index (χ4v) is 3.92. The summed E-state index contributed by atoms with van der Waals surface area (Å²) in [7, 11) is 0. The SMILES string of the molecule is CCc1ccc(-c2ccc(-c3ccc(OC(=O)c4ccc(C5CO5)cc4F)cc3)c(F)c2F)cc1. The Bertz CT molecular complexity index is 1390. The van der Waals surface area contributed by atoms with E-state index in [-0.39, 0.29) is 28.5 Å². The van der Waals surface area contributed by atoms with E-state index >= 15 is 0 Å². The highest BCUT2D eigenvalue weighted by Crippen LogP contribution is 2.33. The molecule has 0 aromatic heterocycles. The molecule has 1 saturated heterocycles. The second-order valence-corrected chi connectivity index (χ2v) is 8.31. The van der Waals surface area contributed by atoms with E-state index in [1.54, 1.807) is 24.3 Å². The van der Waals surface area contributed by atoms with Gasteiger partial charge in [-0.2, -0.15) is 0 Å². The third-order valence-corrected chi connectivity index (χ3v) is 6.05. The van der Waals surface area contributed by atoms with Gasteiger partial charge in [0.1, 0.15) is 17.7 Å². The van der Waals surface area contributed by atoms with Crippen LogP contribution in [0.1, 0.15) is 34.5 Å². The van der Waals surface area contributed by atoms with Gasteiger partial charge in [0, 0.05) is 11.1 Å². The summed E-state index contributed by atoms with van der Waals surface area (Å²) in [6.45, 7) is 2.56. The van der Waals surface area contributed by atoms with Crippen molar-refractivity contribution in [3.05, 3.63) is 113 Å². The lowest BCUT2D eigenvalue weighted by atomic mass is 9.98. The maximum absolute atomic E-state index is 14.9. The minimum atomic E-state index is -0.964. The summed E-state index contributed by atoms with van der Waals surface area (Å²) in [5, 5.41) is 0. The Balaban J connectivity index is 1.33. The molecule has 1 aliphatic rings. The molecule has 1 unspecified atom stereocenters. The van der Waals surface area contributed by atoms with Gasteiger partial charge in [-0.25, -0.2) is 18.0 Å². The van der Waals surface area contributed by atoms with Crippen molar-refractivity contribution >= 4 is 5.97 Å².